The van der Waals surface area contributed by atoms with Crippen LogP contribution in [0.1, 0.15) is 12.8 Å². The Bertz CT molecular complexity index is 1570. The topological polar surface area (TPSA) is 109 Å². The summed E-state index contributed by atoms with van der Waals surface area (Å²) in [6.07, 6.45) is 4.19. The maximum atomic E-state index is 12.3. The predicted octanol–water partition coefficient (Wildman–Crippen LogP) is 3.67. The minimum Gasteiger partial charge on any atom is -0.495 e. The molecule has 0 unspecified atom stereocenters. The Kier molecular flexibility index (Phi) is 6.00. The van der Waals surface area contributed by atoms with Crippen molar-refractivity contribution in [1.82, 2.24) is 14.6 Å². The van der Waals surface area contributed by atoms with Gasteiger partial charge in [-0.05, 0) is 42.8 Å². The van der Waals surface area contributed by atoms with Crippen molar-refractivity contribution < 1.29 is 17.9 Å². The molecular weight excluding hydrogens is 480 g/mol. The Labute approximate surface area is 209 Å². The first-order chi connectivity index (χ1) is 17.3. The van der Waals surface area contributed by atoms with Crippen LogP contribution in [0, 0.1) is 0 Å². The first-order valence-electron chi connectivity index (χ1n) is 11.4. The Morgan fingerprint density at radius 3 is 2.64 bits per heavy atom. The second kappa shape index (κ2) is 9.15. The van der Waals surface area contributed by atoms with Crippen LogP contribution in [0.5, 0.6) is 5.75 Å². The third kappa shape index (κ3) is 4.33. The summed E-state index contributed by atoms with van der Waals surface area (Å²) in [5.74, 6) is 1.03. The van der Waals surface area contributed by atoms with E-state index in [1.165, 1.54) is 17.6 Å². The quantitative estimate of drug-likeness (QED) is 0.407. The number of aromatic nitrogens is 3. The summed E-state index contributed by atoms with van der Waals surface area (Å²) in [4.78, 5) is 18.5. The number of rotatable bonds is 7. The molecule has 1 aliphatic heterocycles. The molecule has 2 aromatic carbocycles. The van der Waals surface area contributed by atoms with E-state index in [9.17, 15) is 13.2 Å². The molecule has 0 saturated carbocycles. The molecule has 0 bridgehead atoms. The molecule has 10 nitrogen and oxygen atoms in total. The molecule has 0 spiro atoms. The van der Waals surface area contributed by atoms with E-state index in [-0.39, 0.29) is 5.91 Å². The van der Waals surface area contributed by atoms with E-state index < -0.39 is 10.0 Å². The molecule has 2 aromatic heterocycles. The molecule has 5 rings (SSSR count). The van der Waals surface area contributed by atoms with E-state index in [1.807, 2.05) is 36.4 Å². The van der Waals surface area contributed by atoms with Crippen LogP contribution in [0.2, 0.25) is 0 Å². The highest BCUT2D eigenvalue weighted by atomic mass is 32.2. The number of hydrogen-bond donors (Lipinski definition) is 1. The largest absolute Gasteiger partial charge is 0.495 e. The van der Waals surface area contributed by atoms with Crippen molar-refractivity contribution in [2.24, 2.45) is 0 Å². The number of amides is 1. The summed E-state index contributed by atoms with van der Waals surface area (Å²) in [5.41, 5.74) is 4.14. The van der Waals surface area contributed by atoms with Gasteiger partial charge in [0.15, 0.2) is 0 Å². The number of nitrogens with one attached hydrogen (secondary N) is 1. The first kappa shape index (κ1) is 23.6. The molecule has 1 amide bonds. The smallest absolute Gasteiger partial charge is 0.245 e. The minimum absolute atomic E-state index is 0.0674. The van der Waals surface area contributed by atoms with Gasteiger partial charge in [-0.1, -0.05) is 18.2 Å². The minimum atomic E-state index is -3.45. The highest BCUT2D eigenvalue weighted by Crippen LogP contribution is 2.35. The van der Waals surface area contributed by atoms with Crippen molar-refractivity contribution >= 4 is 44.5 Å². The molecule has 1 saturated heterocycles. The number of anilines is 4. The van der Waals surface area contributed by atoms with Crippen molar-refractivity contribution in [2.45, 2.75) is 12.8 Å². The number of carbonyl (C=O) groups excluding carboxylic acids is 1. The zero-order valence-electron chi connectivity index (χ0n) is 20.2. The number of ether oxygens (including phenoxy) is 1. The highest BCUT2D eigenvalue weighted by molar-refractivity contribution is 7.92. The van der Waals surface area contributed by atoms with E-state index in [0.717, 1.165) is 17.6 Å². The second-order valence-electron chi connectivity index (χ2n) is 8.55. The maximum Gasteiger partial charge on any atom is 0.245 e. The third-order valence-corrected chi connectivity index (χ3v) is 7.41. The molecule has 0 atom stereocenters. The Hall–Kier alpha value is -4.12. The highest BCUT2D eigenvalue weighted by Gasteiger charge is 2.25. The van der Waals surface area contributed by atoms with E-state index in [2.05, 4.69) is 15.4 Å². The molecule has 0 aliphatic carbocycles. The number of carbonyl (C=O) groups is 1. The Morgan fingerprint density at radius 1 is 1.11 bits per heavy atom. The number of benzene rings is 2. The van der Waals surface area contributed by atoms with Gasteiger partial charge in [-0.2, -0.15) is 0 Å². The second-order valence-corrected chi connectivity index (χ2v) is 10.6. The summed E-state index contributed by atoms with van der Waals surface area (Å²) in [6, 6.07) is 16.5. The normalized spacial score (nSPS) is 13.9. The predicted molar refractivity (Wildman–Crippen MR) is 140 cm³/mol. The summed E-state index contributed by atoms with van der Waals surface area (Å²) >= 11 is 0. The van der Waals surface area contributed by atoms with Crippen LogP contribution >= 0.6 is 0 Å². The lowest BCUT2D eigenvalue weighted by Crippen LogP contribution is -2.25. The standard InChI is InChI=1S/C25H26N6O4S/c1-29(36(3,33)34)20-8-5-4-7-19(20)21-12-11-18-16-26-25(28-31(18)21)27-17-10-13-23(35-2)22(15-17)30-14-6-9-24(30)32/h4-5,7-8,10-13,15-16H,6,9,14H2,1-3H3,(H,27,28). The van der Waals surface area contributed by atoms with Crippen molar-refractivity contribution in [3.63, 3.8) is 0 Å². The zero-order chi connectivity index (χ0) is 25.4. The van der Waals surface area contributed by atoms with Gasteiger partial charge >= 0.3 is 0 Å². The van der Waals surface area contributed by atoms with Gasteiger partial charge in [0, 0.05) is 31.3 Å². The van der Waals surface area contributed by atoms with Gasteiger partial charge in [-0.25, -0.2) is 17.9 Å². The molecule has 36 heavy (non-hydrogen) atoms. The van der Waals surface area contributed by atoms with Crippen molar-refractivity contribution in [3.8, 4) is 17.0 Å². The van der Waals surface area contributed by atoms with E-state index in [0.29, 0.717) is 47.3 Å². The number of fused-ring (bicyclic) bond motifs is 1. The van der Waals surface area contributed by atoms with Gasteiger partial charge in [0.25, 0.3) is 0 Å². The SMILES string of the molecule is COc1ccc(Nc2ncc3ccc(-c4ccccc4N(C)S(C)(=O)=O)n3n2)cc1N1CCCC1=O. The number of nitrogens with zero attached hydrogens (tertiary/aromatic N) is 5. The molecule has 1 N–H and O–H groups in total. The van der Waals surface area contributed by atoms with Gasteiger partial charge in [0.1, 0.15) is 5.75 Å². The van der Waals surface area contributed by atoms with Crippen LogP contribution in [0.4, 0.5) is 23.0 Å². The molecule has 186 valence electrons. The monoisotopic (exact) mass is 506 g/mol. The summed E-state index contributed by atoms with van der Waals surface area (Å²) in [6.45, 7) is 0.648. The van der Waals surface area contributed by atoms with Gasteiger partial charge in [-0.15, -0.1) is 5.10 Å². The van der Waals surface area contributed by atoms with E-state index in [4.69, 9.17) is 4.74 Å². The van der Waals surface area contributed by atoms with Gasteiger partial charge in [-0.3, -0.25) is 9.10 Å². The number of hydrogen-bond acceptors (Lipinski definition) is 7. The van der Waals surface area contributed by atoms with Crippen LogP contribution < -0.4 is 19.3 Å². The van der Waals surface area contributed by atoms with Crippen LogP contribution in [0.15, 0.2) is 60.8 Å². The third-order valence-electron chi connectivity index (χ3n) is 6.21. The first-order valence-corrected chi connectivity index (χ1v) is 13.2. The fourth-order valence-corrected chi connectivity index (χ4v) is 4.83. The number of sulfonamides is 1. The van der Waals surface area contributed by atoms with Crippen molar-refractivity contribution in [1.29, 1.82) is 0 Å². The van der Waals surface area contributed by atoms with Crippen molar-refractivity contribution in [3.05, 3.63) is 60.8 Å². The van der Waals surface area contributed by atoms with E-state index >= 15 is 0 Å². The van der Waals surface area contributed by atoms with Crippen LogP contribution in [0.25, 0.3) is 16.8 Å². The van der Waals surface area contributed by atoms with Crippen LogP contribution in [-0.4, -0.2) is 55.9 Å². The molecule has 1 fully saturated rings. The average molecular weight is 507 g/mol. The van der Waals surface area contributed by atoms with Crippen LogP contribution in [0.3, 0.4) is 0 Å². The maximum absolute atomic E-state index is 12.3. The molecule has 3 heterocycles. The van der Waals surface area contributed by atoms with Gasteiger partial charge in [0.05, 0.1) is 42.1 Å². The lowest BCUT2D eigenvalue weighted by Gasteiger charge is -2.20. The Morgan fingerprint density at radius 2 is 1.92 bits per heavy atom. The molecule has 1 aliphatic rings. The molecule has 0 radical (unpaired) electrons. The van der Waals surface area contributed by atoms with Gasteiger partial charge < -0.3 is 15.0 Å². The van der Waals surface area contributed by atoms with Gasteiger partial charge in [0.2, 0.25) is 21.9 Å². The Balaban J connectivity index is 1.52. The van der Waals surface area contributed by atoms with Crippen molar-refractivity contribution in [2.75, 3.05) is 41.5 Å². The fourth-order valence-electron chi connectivity index (χ4n) is 4.32. The lowest BCUT2D eigenvalue weighted by molar-refractivity contribution is -0.117. The summed E-state index contributed by atoms with van der Waals surface area (Å²) in [7, 11) is -0.346. The van der Waals surface area contributed by atoms with Crippen LogP contribution in [-0.2, 0) is 14.8 Å². The fraction of sp³-hybridized carbons (Fsp3) is 0.240. The molecule has 4 aromatic rings. The average Bonchev–Trinajstić information content (AvgIpc) is 3.48. The zero-order valence-corrected chi connectivity index (χ0v) is 21.0. The summed E-state index contributed by atoms with van der Waals surface area (Å²) in [5, 5.41) is 7.88. The number of para-hydroxylation sites is 1. The molecule has 11 heteroatoms. The molecular formula is C25H26N6O4S. The van der Waals surface area contributed by atoms with E-state index in [1.54, 1.807) is 40.9 Å². The lowest BCUT2D eigenvalue weighted by atomic mass is 10.1. The number of methoxy groups -OCH3 is 1. The summed E-state index contributed by atoms with van der Waals surface area (Å²) < 4.78 is 32.9.